The molecule has 3 nitrogen and oxygen atoms in total. The number of hydrogen-bond donors (Lipinski definition) is 0. The van der Waals surface area contributed by atoms with Crippen LogP contribution in [0.5, 0.6) is 0 Å². The lowest BCUT2D eigenvalue weighted by atomic mass is 9.84. The van der Waals surface area contributed by atoms with Gasteiger partial charge in [0.2, 0.25) is 5.90 Å². The van der Waals surface area contributed by atoms with Crippen molar-refractivity contribution < 1.29 is 9.53 Å². The summed E-state index contributed by atoms with van der Waals surface area (Å²) in [4.78, 5) is 17.2. The van der Waals surface area contributed by atoms with Crippen LogP contribution in [0.15, 0.2) is 137 Å². The zero-order valence-electron chi connectivity index (χ0n) is 17.8. The van der Waals surface area contributed by atoms with Gasteiger partial charge in [0.15, 0.2) is 5.70 Å². The number of cyclic esters (lactones) is 1. The van der Waals surface area contributed by atoms with Gasteiger partial charge in [-0.2, -0.15) is 0 Å². The number of nitrogens with zero attached hydrogens (tertiary/aromatic N) is 1. The van der Waals surface area contributed by atoms with Crippen LogP contribution in [0.3, 0.4) is 0 Å². The second-order valence-electron chi connectivity index (χ2n) is 7.57. The third-order valence-corrected chi connectivity index (χ3v) is 6.93. The highest BCUT2D eigenvalue weighted by atomic mass is 32.2. The molecule has 4 aromatic carbocycles. The van der Waals surface area contributed by atoms with Gasteiger partial charge >= 0.3 is 5.97 Å². The largest absolute Gasteiger partial charge is 0.402 e. The first kappa shape index (κ1) is 21.0. The minimum absolute atomic E-state index is 0.297. The maximum absolute atomic E-state index is 12.7. The highest BCUT2D eigenvalue weighted by molar-refractivity contribution is 8.03. The molecule has 33 heavy (non-hydrogen) atoms. The molecule has 0 aliphatic carbocycles. The second kappa shape index (κ2) is 9.31. The Morgan fingerprint density at radius 2 is 1.06 bits per heavy atom. The Kier molecular flexibility index (Phi) is 5.92. The fourth-order valence-corrected chi connectivity index (χ4v) is 5.22. The van der Waals surface area contributed by atoms with Gasteiger partial charge in [0.25, 0.3) is 0 Å². The molecule has 1 heterocycles. The molecule has 0 bridgehead atoms. The van der Waals surface area contributed by atoms with Crippen molar-refractivity contribution in [2.75, 3.05) is 0 Å². The topological polar surface area (TPSA) is 38.7 Å². The van der Waals surface area contributed by atoms with Crippen molar-refractivity contribution in [2.45, 2.75) is 4.75 Å². The van der Waals surface area contributed by atoms with Crippen LogP contribution in [0.4, 0.5) is 0 Å². The van der Waals surface area contributed by atoms with E-state index in [-0.39, 0.29) is 0 Å². The highest BCUT2D eigenvalue weighted by Crippen LogP contribution is 2.49. The summed E-state index contributed by atoms with van der Waals surface area (Å²) in [6.07, 6.45) is 0. The molecule has 0 spiro atoms. The van der Waals surface area contributed by atoms with Crippen LogP contribution in [0.1, 0.15) is 22.3 Å². The second-order valence-corrected chi connectivity index (χ2v) is 8.66. The van der Waals surface area contributed by atoms with Crippen molar-refractivity contribution in [3.63, 3.8) is 0 Å². The van der Waals surface area contributed by atoms with Gasteiger partial charge in [-0.05, 0) is 28.8 Å². The fourth-order valence-electron chi connectivity index (χ4n) is 3.96. The molecule has 1 aliphatic rings. The van der Waals surface area contributed by atoms with Crippen LogP contribution in [-0.4, -0.2) is 11.9 Å². The van der Waals surface area contributed by atoms with Crippen molar-refractivity contribution in [1.29, 1.82) is 0 Å². The predicted molar refractivity (Wildman–Crippen MR) is 134 cm³/mol. The molecule has 0 amide bonds. The van der Waals surface area contributed by atoms with Gasteiger partial charge in [0.05, 0.1) is 4.75 Å². The Labute approximate surface area is 197 Å². The monoisotopic (exact) mass is 447 g/mol. The summed E-state index contributed by atoms with van der Waals surface area (Å²) in [6.45, 7) is 0. The minimum atomic E-state index is -0.567. The summed E-state index contributed by atoms with van der Waals surface area (Å²) in [6, 6.07) is 40.5. The molecule has 4 aromatic rings. The van der Waals surface area contributed by atoms with E-state index in [2.05, 4.69) is 41.4 Å². The molecule has 0 aromatic heterocycles. The van der Waals surface area contributed by atoms with Crippen LogP contribution < -0.4 is 0 Å². The summed E-state index contributed by atoms with van der Waals surface area (Å²) >= 11 is 1.56. The molecular weight excluding hydrogens is 426 g/mol. The van der Waals surface area contributed by atoms with Crippen molar-refractivity contribution in [3.8, 4) is 0 Å². The van der Waals surface area contributed by atoms with Gasteiger partial charge in [-0.3, -0.25) is 0 Å². The Hall–Kier alpha value is -3.89. The van der Waals surface area contributed by atoms with Crippen molar-refractivity contribution in [3.05, 3.63) is 155 Å². The molecular formula is C29H21NO2S. The average molecular weight is 448 g/mol. The average Bonchev–Trinajstić information content (AvgIpc) is 3.27. The number of carbonyl (C=O) groups excluding carboxylic acids is 1. The van der Waals surface area contributed by atoms with E-state index in [1.165, 1.54) is 0 Å². The van der Waals surface area contributed by atoms with Crippen molar-refractivity contribution >= 4 is 23.6 Å². The lowest BCUT2D eigenvalue weighted by molar-refractivity contribution is -0.130. The van der Waals surface area contributed by atoms with E-state index in [1.807, 2.05) is 90.3 Å². The molecule has 1 aliphatic heterocycles. The van der Waals surface area contributed by atoms with Crippen molar-refractivity contribution in [2.24, 2.45) is 4.99 Å². The summed E-state index contributed by atoms with van der Waals surface area (Å²) in [5.74, 6) is -0.110. The van der Waals surface area contributed by atoms with Crippen LogP contribution in [-0.2, 0) is 14.3 Å². The zero-order valence-corrected chi connectivity index (χ0v) is 18.6. The molecule has 0 N–H and O–H groups in total. The van der Waals surface area contributed by atoms with E-state index >= 15 is 0 Å². The van der Waals surface area contributed by atoms with E-state index in [4.69, 9.17) is 4.74 Å². The van der Waals surface area contributed by atoms with Crippen LogP contribution in [0.25, 0.3) is 0 Å². The normalized spacial score (nSPS) is 14.7. The van der Waals surface area contributed by atoms with E-state index in [1.54, 1.807) is 11.8 Å². The summed E-state index contributed by atoms with van der Waals surface area (Å²) in [5.41, 5.74) is 4.42. The predicted octanol–water partition coefficient (Wildman–Crippen LogP) is 6.56. The van der Waals surface area contributed by atoms with Gasteiger partial charge in [-0.15, -0.1) is 11.8 Å². The Morgan fingerprint density at radius 3 is 1.52 bits per heavy atom. The quantitative estimate of drug-likeness (QED) is 0.191. The lowest BCUT2D eigenvalue weighted by Crippen LogP contribution is -2.25. The van der Waals surface area contributed by atoms with Gasteiger partial charge in [-0.1, -0.05) is 109 Å². The maximum atomic E-state index is 12.7. The maximum Gasteiger partial charge on any atom is 0.364 e. The lowest BCUT2D eigenvalue weighted by Gasteiger charge is -2.34. The third-order valence-electron chi connectivity index (χ3n) is 5.53. The number of rotatable bonds is 6. The summed E-state index contributed by atoms with van der Waals surface area (Å²) in [5, 5.41) is 1.82. The van der Waals surface area contributed by atoms with Gasteiger partial charge < -0.3 is 4.74 Å². The third kappa shape index (κ3) is 4.13. The van der Waals surface area contributed by atoms with Crippen LogP contribution >= 0.6 is 11.8 Å². The number of hydrogen-bond acceptors (Lipinski definition) is 4. The molecule has 0 saturated heterocycles. The number of carbonyl (C=O) groups is 1. The first-order chi connectivity index (χ1) is 16.3. The zero-order chi connectivity index (χ0) is 22.5. The molecule has 0 fully saturated rings. The number of esters is 1. The van der Waals surface area contributed by atoms with Crippen LogP contribution in [0.2, 0.25) is 0 Å². The molecule has 0 unspecified atom stereocenters. The smallest absolute Gasteiger partial charge is 0.364 e. The minimum Gasteiger partial charge on any atom is -0.402 e. The first-order valence-corrected chi connectivity index (χ1v) is 11.6. The Morgan fingerprint density at radius 1 is 0.636 bits per heavy atom. The molecule has 4 heteroatoms. The van der Waals surface area contributed by atoms with Crippen LogP contribution in [0, 0.1) is 0 Å². The summed E-state index contributed by atoms with van der Waals surface area (Å²) in [7, 11) is 0. The SMILES string of the molecule is O=C1OC(c2ccccc2)=N/C1=C/SC(c1ccccc1)(c1ccccc1)c1ccccc1. The number of thioether (sulfide) groups is 1. The first-order valence-electron chi connectivity index (χ1n) is 10.7. The Bertz CT molecular complexity index is 1200. The summed E-state index contributed by atoms with van der Waals surface area (Å²) < 4.78 is 4.90. The Balaban J connectivity index is 1.64. The van der Waals surface area contributed by atoms with E-state index < -0.39 is 10.7 Å². The van der Waals surface area contributed by atoms with E-state index in [0.29, 0.717) is 11.6 Å². The van der Waals surface area contributed by atoms with Gasteiger partial charge in [0.1, 0.15) is 0 Å². The van der Waals surface area contributed by atoms with E-state index in [0.717, 1.165) is 22.3 Å². The van der Waals surface area contributed by atoms with Crippen molar-refractivity contribution in [1.82, 2.24) is 0 Å². The number of benzene rings is 4. The highest BCUT2D eigenvalue weighted by Gasteiger charge is 2.37. The molecule has 0 atom stereocenters. The number of aliphatic imine (C=N–C) groups is 1. The molecule has 5 rings (SSSR count). The molecule has 160 valence electrons. The molecule has 0 radical (unpaired) electrons. The fraction of sp³-hybridized carbons (Fsp3) is 0.0345. The number of ether oxygens (including phenoxy) is 1. The molecule has 0 saturated carbocycles. The standard InChI is InChI=1S/C29H21NO2S/c31-28-26(30-27(32-28)22-13-5-1-6-14-22)21-33-29(23-15-7-2-8-16-23,24-17-9-3-10-18-24)25-19-11-4-12-20-25/h1-21H/b26-21+. The van der Waals surface area contributed by atoms with Gasteiger partial charge in [-0.25, -0.2) is 9.79 Å². The van der Waals surface area contributed by atoms with E-state index in [9.17, 15) is 4.79 Å². The van der Waals surface area contributed by atoms with Gasteiger partial charge in [0, 0.05) is 11.0 Å².